The monoisotopic (exact) mass is 451 g/mol. The van der Waals surface area contributed by atoms with E-state index in [1.54, 1.807) is 0 Å². The number of hydrogen-bond donors (Lipinski definition) is 1. The fourth-order valence-electron chi connectivity index (χ4n) is 3.16. The summed E-state index contributed by atoms with van der Waals surface area (Å²) < 4.78 is 0.573. The number of halogens is 1. The number of nitrogens with one attached hydrogen (secondary N) is 1. The second-order valence-corrected chi connectivity index (χ2v) is 7.21. The lowest BCUT2D eigenvalue weighted by Crippen LogP contribution is -2.38. The molecule has 0 saturated carbocycles. The number of benzene rings is 2. The number of carbonyl (C=O) groups is 1. The second-order valence-electron chi connectivity index (χ2n) is 6.05. The largest absolute Gasteiger partial charge is 0.367 e. The van der Waals surface area contributed by atoms with E-state index in [1.165, 1.54) is 29.4 Å². The molecule has 1 atom stereocenters. The minimum absolute atomic E-state index is 0.0107. The van der Waals surface area contributed by atoms with E-state index in [4.69, 9.17) is 0 Å². The Kier molecular flexibility index (Phi) is 5.22. The summed E-state index contributed by atoms with van der Waals surface area (Å²) in [5, 5.41) is 13.7. The molecule has 2 aromatic rings. The number of nitro benzene ring substituents is 1. The van der Waals surface area contributed by atoms with Crippen LogP contribution in [0.3, 0.4) is 0 Å². The summed E-state index contributed by atoms with van der Waals surface area (Å²) in [4.78, 5) is 25.0. The number of amides is 1. The molecule has 0 spiro atoms. The Morgan fingerprint density at radius 2 is 2.12 bits per heavy atom. The van der Waals surface area contributed by atoms with Gasteiger partial charge in [-0.1, -0.05) is 18.2 Å². The minimum atomic E-state index is -0.462. The zero-order valence-corrected chi connectivity index (χ0v) is 15.9. The van der Waals surface area contributed by atoms with Gasteiger partial charge < -0.3 is 10.2 Å². The predicted octanol–water partition coefficient (Wildman–Crippen LogP) is 3.38. The first-order chi connectivity index (χ1) is 12.0. The number of rotatable bonds is 5. The Bertz CT molecular complexity index is 825. The van der Waals surface area contributed by atoms with E-state index in [-0.39, 0.29) is 11.6 Å². The number of carbonyl (C=O) groups excluding carboxylic acids is 1. The summed E-state index contributed by atoms with van der Waals surface area (Å²) in [5.41, 5.74) is 3.02. The van der Waals surface area contributed by atoms with Gasteiger partial charge in [0.2, 0.25) is 0 Å². The molecule has 0 aromatic heterocycles. The van der Waals surface area contributed by atoms with Crippen molar-refractivity contribution in [2.24, 2.45) is 0 Å². The maximum Gasteiger partial charge on any atom is 0.270 e. The van der Waals surface area contributed by atoms with Crippen LogP contribution >= 0.6 is 22.6 Å². The van der Waals surface area contributed by atoms with Crippen LogP contribution in [0, 0.1) is 13.7 Å². The SMILES string of the molecule is CC1Cc2ccccc2N1CCNC(=O)c1ccc([N+](=O)[O-])cc1I. The Labute approximate surface area is 159 Å². The zero-order valence-electron chi connectivity index (χ0n) is 13.7. The normalized spacial score (nSPS) is 15.8. The molecule has 7 heteroatoms. The molecular formula is C18H18IN3O3. The molecule has 1 N–H and O–H groups in total. The van der Waals surface area contributed by atoms with E-state index in [0.29, 0.717) is 21.7 Å². The van der Waals surface area contributed by atoms with Crippen LogP contribution in [-0.4, -0.2) is 30.0 Å². The van der Waals surface area contributed by atoms with Crippen molar-refractivity contribution < 1.29 is 9.72 Å². The van der Waals surface area contributed by atoms with Crippen molar-refractivity contribution in [1.29, 1.82) is 0 Å². The number of fused-ring (bicyclic) bond motifs is 1. The highest BCUT2D eigenvalue weighted by Crippen LogP contribution is 2.31. The summed E-state index contributed by atoms with van der Waals surface area (Å²) in [6, 6.07) is 13.0. The Morgan fingerprint density at radius 3 is 2.84 bits per heavy atom. The van der Waals surface area contributed by atoms with Crippen LogP contribution in [-0.2, 0) is 6.42 Å². The number of non-ortho nitro benzene ring substituents is 1. The molecule has 0 bridgehead atoms. The molecule has 0 aliphatic carbocycles. The van der Waals surface area contributed by atoms with Crippen molar-refractivity contribution >= 4 is 39.9 Å². The first-order valence-electron chi connectivity index (χ1n) is 8.04. The van der Waals surface area contributed by atoms with Crippen molar-refractivity contribution in [1.82, 2.24) is 5.32 Å². The standard InChI is InChI=1S/C18H18IN3O3/c1-12-10-13-4-2-3-5-17(13)21(12)9-8-20-18(23)15-7-6-14(22(24)25)11-16(15)19/h2-7,11-12H,8-10H2,1H3,(H,20,23). The smallest absolute Gasteiger partial charge is 0.270 e. The molecule has 2 aromatic carbocycles. The molecule has 0 fully saturated rings. The van der Waals surface area contributed by atoms with E-state index in [9.17, 15) is 14.9 Å². The zero-order chi connectivity index (χ0) is 18.0. The Morgan fingerprint density at radius 1 is 1.36 bits per heavy atom. The molecule has 0 radical (unpaired) electrons. The Balaban J connectivity index is 1.61. The number of para-hydroxylation sites is 1. The van der Waals surface area contributed by atoms with Crippen molar-refractivity contribution in [3.8, 4) is 0 Å². The molecule has 1 unspecified atom stereocenters. The van der Waals surface area contributed by atoms with Crippen molar-refractivity contribution in [3.63, 3.8) is 0 Å². The fraction of sp³-hybridized carbons (Fsp3) is 0.278. The molecule has 0 saturated heterocycles. The van der Waals surface area contributed by atoms with Gasteiger partial charge >= 0.3 is 0 Å². The van der Waals surface area contributed by atoms with E-state index in [1.807, 2.05) is 34.7 Å². The van der Waals surface area contributed by atoms with Crippen molar-refractivity contribution in [2.75, 3.05) is 18.0 Å². The lowest BCUT2D eigenvalue weighted by molar-refractivity contribution is -0.384. The van der Waals surface area contributed by atoms with Gasteiger partial charge in [0.25, 0.3) is 11.6 Å². The van der Waals surface area contributed by atoms with Gasteiger partial charge in [-0.25, -0.2) is 0 Å². The van der Waals surface area contributed by atoms with Gasteiger partial charge in [-0.15, -0.1) is 0 Å². The third kappa shape index (κ3) is 3.76. The first kappa shape index (κ1) is 17.7. The molecular weight excluding hydrogens is 433 g/mol. The van der Waals surface area contributed by atoms with E-state index >= 15 is 0 Å². The summed E-state index contributed by atoms with van der Waals surface area (Å²) in [7, 11) is 0. The van der Waals surface area contributed by atoms with Crippen LogP contribution in [0.4, 0.5) is 11.4 Å². The predicted molar refractivity (Wildman–Crippen MR) is 105 cm³/mol. The minimum Gasteiger partial charge on any atom is -0.367 e. The number of nitro groups is 1. The van der Waals surface area contributed by atoms with Gasteiger partial charge in [-0.2, -0.15) is 0 Å². The molecule has 25 heavy (non-hydrogen) atoms. The molecule has 3 rings (SSSR count). The van der Waals surface area contributed by atoms with Gasteiger partial charge in [0.15, 0.2) is 0 Å². The molecule has 1 amide bonds. The molecule has 1 aliphatic rings. The topological polar surface area (TPSA) is 75.5 Å². The number of hydrogen-bond acceptors (Lipinski definition) is 4. The maximum atomic E-state index is 12.3. The summed E-state index contributed by atoms with van der Waals surface area (Å²) in [6.07, 6.45) is 1.02. The molecule has 1 heterocycles. The highest BCUT2D eigenvalue weighted by molar-refractivity contribution is 14.1. The van der Waals surface area contributed by atoms with Crippen LogP contribution in [0.15, 0.2) is 42.5 Å². The van der Waals surface area contributed by atoms with Gasteiger partial charge in [0.1, 0.15) is 0 Å². The third-order valence-corrected chi connectivity index (χ3v) is 5.29. The average Bonchev–Trinajstić information content (AvgIpc) is 2.90. The highest BCUT2D eigenvalue weighted by Gasteiger charge is 2.25. The van der Waals surface area contributed by atoms with E-state index in [0.717, 1.165) is 13.0 Å². The van der Waals surface area contributed by atoms with Crippen molar-refractivity contribution in [3.05, 3.63) is 67.3 Å². The van der Waals surface area contributed by atoms with Crippen LogP contribution in [0.5, 0.6) is 0 Å². The second kappa shape index (κ2) is 7.38. The highest BCUT2D eigenvalue weighted by atomic mass is 127. The summed E-state index contributed by atoms with van der Waals surface area (Å²) in [5.74, 6) is -0.209. The van der Waals surface area contributed by atoms with Crippen LogP contribution in [0.25, 0.3) is 0 Å². The quantitative estimate of drug-likeness (QED) is 0.430. The molecule has 130 valence electrons. The lowest BCUT2D eigenvalue weighted by Gasteiger charge is -2.25. The van der Waals surface area contributed by atoms with Crippen LogP contribution in [0.1, 0.15) is 22.8 Å². The lowest BCUT2D eigenvalue weighted by atomic mass is 10.1. The van der Waals surface area contributed by atoms with E-state index < -0.39 is 4.92 Å². The van der Waals surface area contributed by atoms with Crippen LogP contribution in [0.2, 0.25) is 0 Å². The van der Waals surface area contributed by atoms with Gasteiger partial charge in [-0.05, 0) is 53.6 Å². The average molecular weight is 451 g/mol. The van der Waals surface area contributed by atoms with Crippen LogP contribution < -0.4 is 10.2 Å². The number of anilines is 1. The van der Waals surface area contributed by atoms with Crippen molar-refractivity contribution in [2.45, 2.75) is 19.4 Å². The van der Waals surface area contributed by atoms with Gasteiger partial charge in [0, 0.05) is 40.5 Å². The van der Waals surface area contributed by atoms with E-state index in [2.05, 4.69) is 29.3 Å². The summed E-state index contributed by atoms with van der Waals surface area (Å²) >= 11 is 1.95. The Hall–Kier alpha value is -2.16. The van der Waals surface area contributed by atoms with Gasteiger partial charge in [0.05, 0.1) is 10.5 Å². The third-order valence-electron chi connectivity index (χ3n) is 4.39. The summed E-state index contributed by atoms with van der Waals surface area (Å²) in [6.45, 7) is 3.43. The first-order valence-corrected chi connectivity index (χ1v) is 9.12. The molecule has 1 aliphatic heterocycles. The number of nitrogens with zero attached hydrogens (tertiary/aromatic N) is 2. The maximum absolute atomic E-state index is 12.3. The molecule has 6 nitrogen and oxygen atoms in total. The fourth-order valence-corrected chi connectivity index (χ4v) is 3.90. The van der Waals surface area contributed by atoms with Gasteiger partial charge in [-0.3, -0.25) is 14.9 Å².